The summed E-state index contributed by atoms with van der Waals surface area (Å²) in [5.74, 6) is 0.236. The molecule has 1 aliphatic carbocycles. The van der Waals surface area contributed by atoms with E-state index in [0.717, 1.165) is 6.42 Å². The molecule has 18 heavy (non-hydrogen) atoms. The highest BCUT2D eigenvalue weighted by atomic mass is 16.5. The number of carbonyl (C=O) groups is 1. The summed E-state index contributed by atoms with van der Waals surface area (Å²) >= 11 is 0. The molecular formula is C12H14N4O2. The van der Waals surface area contributed by atoms with Gasteiger partial charge in [-0.3, -0.25) is 10.1 Å². The Morgan fingerprint density at radius 3 is 2.78 bits per heavy atom. The lowest BCUT2D eigenvalue weighted by molar-refractivity contribution is -0.126. The highest BCUT2D eigenvalue weighted by Crippen LogP contribution is 2.40. The standard InChI is InChI=1S/C12H14N4O2/c1-8-6-9(18-2)15-11(14-8)16-10(17)12(7-13)4-3-5-12/h6H,3-5H2,1-2H3,(H,14,15,16,17). The number of aromatic nitrogens is 2. The van der Waals surface area contributed by atoms with Crippen molar-refractivity contribution in [3.05, 3.63) is 11.8 Å². The number of carbonyl (C=O) groups excluding carboxylic acids is 1. The quantitative estimate of drug-likeness (QED) is 0.871. The van der Waals surface area contributed by atoms with Crippen LogP contribution >= 0.6 is 0 Å². The van der Waals surface area contributed by atoms with Gasteiger partial charge in [0.25, 0.3) is 0 Å². The van der Waals surface area contributed by atoms with E-state index in [1.165, 1.54) is 7.11 Å². The van der Waals surface area contributed by atoms with Gasteiger partial charge in [0.15, 0.2) is 0 Å². The molecule has 0 aromatic carbocycles. The second-order valence-corrected chi connectivity index (χ2v) is 4.38. The molecule has 6 heteroatoms. The van der Waals surface area contributed by atoms with Crippen LogP contribution in [0.2, 0.25) is 0 Å². The van der Waals surface area contributed by atoms with E-state index >= 15 is 0 Å². The van der Waals surface area contributed by atoms with E-state index in [2.05, 4.69) is 21.4 Å². The predicted molar refractivity (Wildman–Crippen MR) is 63.8 cm³/mol. The van der Waals surface area contributed by atoms with E-state index in [4.69, 9.17) is 10.00 Å². The molecule has 0 radical (unpaired) electrons. The Bertz CT molecular complexity index is 517. The fourth-order valence-corrected chi connectivity index (χ4v) is 1.84. The minimum Gasteiger partial charge on any atom is -0.481 e. The first kappa shape index (κ1) is 12.3. The maximum absolute atomic E-state index is 12.0. The van der Waals surface area contributed by atoms with Crippen LogP contribution in [-0.4, -0.2) is 23.0 Å². The van der Waals surface area contributed by atoms with Crippen molar-refractivity contribution in [2.45, 2.75) is 26.2 Å². The maximum Gasteiger partial charge on any atom is 0.247 e. The highest BCUT2D eigenvalue weighted by Gasteiger charge is 2.44. The van der Waals surface area contributed by atoms with Gasteiger partial charge in [-0.25, -0.2) is 4.98 Å². The molecule has 1 aromatic rings. The molecule has 2 rings (SSSR count). The first-order chi connectivity index (χ1) is 8.59. The third-order valence-corrected chi connectivity index (χ3v) is 3.12. The van der Waals surface area contributed by atoms with Gasteiger partial charge in [0.1, 0.15) is 5.41 Å². The van der Waals surface area contributed by atoms with Crippen molar-refractivity contribution >= 4 is 11.9 Å². The SMILES string of the molecule is COc1cc(C)nc(NC(=O)C2(C#N)CCC2)n1. The lowest BCUT2D eigenvalue weighted by atomic mass is 9.69. The van der Waals surface area contributed by atoms with Crippen molar-refractivity contribution in [2.24, 2.45) is 5.41 Å². The van der Waals surface area contributed by atoms with Crippen molar-refractivity contribution in [3.8, 4) is 11.9 Å². The number of aryl methyl sites for hydroxylation is 1. The molecule has 0 aliphatic heterocycles. The van der Waals surface area contributed by atoms with E-state index in [1.807, 2.05) is 0 Å². The molecule has 0 bridgehead atoms. The number of rotatable bonds is 3. The normalized spacial score (nSPS) is 16.3. The first-order valence-corrected chi connectivity index (χ1v) is 5.72. The zero-order valence-electron chi connectivity index (χ0n) is 10.4. The Balaban J connectivity index is 2.17. The number of ether oxygens (including phenoxy) is 1. The molecule has 6 nitrogen and oxygen atoms in total. The van der Waals surface area contributed by atoms with Crippen LogP contribution < -0.4 is 10.1 Å². The third kappa shape index (κ3) is 2.12. The Kier molecular flexibility index (Phi) is 3.15. The zero-order chi connectivity index (χ0) is 13.2. The summed E-state index contributed by atoms with van der Waals surface area (Å²) in [7, 11) is 1.50. The second-order valence-electron chi connectivity index (χ2n) is 4.38. The summed E-state index contributed by atoms with van der Waals surface area (Å²) in [5, 5.41) is 11.7. The van der Waals surface area contributed by atoms with Gasteiger partial charge in [-0.1, -0.05) is 0 Å². The summed E-state index contributed by atoms with van der Waals surface area (Å²) in [6, 6.07) is 3.75. The lowest BCUT2D eigenvalue weighted by Crippen LogP contribution is -2.41. The van der Waals surface area contributed by atoms with Crippen molar-refractivity contribution in [2.75, 3.05) is 12.4 Å². The van der Waals surface area contributed by atoms with Crippen LogP contribution in [0.25, 0.3) is 0 Å². The van der Waals surface area contributed by atoms with Crippen LogP contribution in [-0.2, 0) is 4.79 Å². The van der Waals surface area contributed by atoms with Crippen LogP contribution in [0.4, 0.5) is 5.95 Å². The van der Waals surface area contributed by atoms with Crippen molar-refractivity contribution in [1.82, 2.24) is 9.97 Å². The van der Waals surface area contributed by atoms with Crippen LogP contribution in [0.3, 0.4) is 0 Å². The topological polar surface area (TPSA) is 87.9 Å². The number of hydrogen-bond acceptors (Lipinski definition) is 5. The molecule has 1 aromatic heterocycles. The molecular weight excluding hydrogens is 232 g/mol. The Morgan fingerprint density at radius 1 is 1.56 bits per heavy atom. The van der Waals surface area contributed by atoms with Crippen LogP contribution in [0, 0.1) is 23.7 Å². The second kappa shape index (κ2) is 4.61. The van der Waals surface area contributed by atoms with Crippen LogP contribution in [0.15, 0.2) is 6.07 Å². The molecule has 0 unspecified atom stereocenters. The molecule has 0 atom stereocenters. The Hall–Kier alpha value is -2.16. The molecule has 0 saturated heterocycles. The van der Waals surface area contributed by atoms with E-state index < -0.39 is 5.41 Å². The van der Waals surface area contributed by atoms with Crippen molar-refractivity contribution < 1.29 is 9.53 Å². The average Bonchev–Trinajstić information content (AvgIpc) is 2.27. The van der Waals surface area contributed by atoms with Crippen LogP contribution in [0.1, 0.15) is 25.0 Å². The molecule has 1 fully saturated rings. The number of nitrogens with zero attached hydrogens (tertiary/aromatic N) is 3. The minimum absolute atomic E-state index is 0.179. The van der Waals surface area contributed by atoms with Crippen molar-refractivity contribution in [1.29, 1.82) is 5.26 Å². The molecule has 0 spiro atoms. The summed E-state index contributed by atoms with van der Waals surface area (Å²) < 4.78 is 5.00. The van der Waals surface area contributed by atoms with Gasteiger partial charge in [0.05, 0.1) is 13.2 Å². The fraction of sp³-hybridized carbons (Fsp3) is 0.500. The van der Waals surface area contributed by atoms with Crippen LogP contribution in [0.5, 0.6) is 5.88 Å². The number of nitriles is 1. The summed E-state index contributed by atoms with van der Waals surface area (Å²) in [5.41, 5.74) is -0.211. The predicted octanol–water partition coefficient (Wildman–Crippen LogP) is 1.43. The monoisotopic (exact) mass is 246 g/mol. The molecule has 1 saturated carbocycles. The van der Waals surface area contributed by atoms with Gasteiger partial charge in [0.2, 0.25) is 17.7 Å². The van der Waals surface area contributed by atoms with Gasteiger partial charge in [-0.2, -0.15) is 10.2 Å². The van der Waals surface area contributed by atoms with Gasteiger partial charge in [-0.15, -0.1) is 0 Å². The van der Waals surface area contributed by atoms with E-state index in [0.29, 0.717) is 24.4 Å². The summed E-state index contributed by atoms with van der Waals surface area (Å²) in [6.07, 6.45) is 2.09. The van der Waals surface area contributed by atoms with Gasteiger partial charge in [0, 0.05) is 11.8 Å². The largest absolute Gasteiger partial charge is 0.481 e. The van der Waals surface area contributed by atoms with Crippen molar-refractivity contribution in [3.63, 3.8) is 0 Å². The lowest BCUT2D eigenvalue weighted by Gasteiger charge is -2.32. The summed E-state index contributed by atoms with van der Waals surface area (Å²) in [6.45, 7) is 1.78. The van der Waals surface area contributed by atoms with E-state index in [1.54, 1.807) is 13.0 Å². The Morgan fingerprint density at radius 2 is 2.28 bits per heavy atom. The molecule has 1 aliphatic rings. The maximum atomic E-state index is 12.0. The van der Waals surface area contributed by atoms with Gasteiger partial charge in [-0.05, 0) is 26.2 Å². The molecule has 1 N–H and O–H groups in total. The smallest absolute Gasteiger partial charge is 0.247 e. The molecule has 1 amide bonds. The molecule has 94 valence electrons. The number of nitrogens with one attached hydrogen (secondary N) is 1. The van der Waals surface area contributed by atoms with E-state index in [9.17, 15) is 4.79 Å². The highest BCUT2D eigenvalue weighted by molar-refractivity contribution is 5.96. The number of methoxy groups -OCH3 is 1. The third-order valence-electron chi connectivity index (χ3n) is 3.12. The Labute approximate surface area is 105 Å². The first-order valence-electron chi connectivity index (χ1n) is 5.72. The number of amides is 1. The minimum atomic E-state index is -0.902. The average molecular weight is 246 g/mol. The fourth-order valence-electron chi connectivity index (χ4n) is 1.84. The van der Waals surface area contributed by atoms with Gasteiger partial charge < -0.3 is 4.74 Å². The van der Waals surface area contributed by atoms with E-state index in [-0.39, 0.29) is 11.9 Å². The zero-order valence-corrected chi connectivity index (χ0v) is 10.4. The number of hydrogen-bond donors (Lipinski definition) is 1. The summed E-state index contributed by atoms with van der Waals surface area (Å²) in [4.78, 5) is 20.1. The molecule has 1 heterocycles. The van der Waals surface area contributed by atoms with Gasteiger partial charge >= 0.3 is 0 Å². The number of anilines is 1.